The van der Waals surface area contributed by atoms with Crippen LogP contribution >= 0.6 is 12.6 Å². The van der Waals surface area contributed by atoms with E-state index >= 15 is 0 Å². The summed E-state index contributed by atoms with van der Waals surface area (Å²) >= 11 is 4.89. The molecule has 2 nitrogen and oxygen atoms in total. The van der Waals surface area contributed by atoms with Gasteiger partial charge in [-0.1, -0.05) is 72.3 Å². The van der Waals surface area contributed by atoms with Crippen molar-refractivity contribution in [2.24, 2.45) is 11.8 Å². The summed E-state index contributed by atoms with van der Waals surface area (Å²) in [5.74, 6) is 1.62. The molecule has 0 aromatic heterocycles. The third-order valence-electron chi connectivity index (χ3n) is 4.77. The summed E-state index contributed by atoms with van der Waals surface area (Å²) in [6.07, 6.45) is 11.3. The Balaban J connectivity index is 3.69. The third kappa shape index (κ3) is 9.41. The standard InChI is InChI=1S/C19H36N2S/c1-5-17(6-2)18(7-3)19(22)13-11-9-8-10-12-14-21-16(4)15-20/h17-19,21-22H,4-14H2,1-3H3. The van der Waals surface area contributed by atoms with Gasteiger partial charge in [0.05, 0.1) is 0 Å². The molecule has 3 heteroatoms. The molecular formula is C19H36N2S. The van der Waals surface area contributed by atoms with Gasteiger partial charge in [0, 0.05) is 11.8 Å². The molecule has 0 saturated heterocycles. The van der Waals surface area contributed by atoms with Gasteiger partial charge in [0.25, 0.3) is 0 Å². The first-order valence-electron chi connectivity index (χ1n) is 9.11. The van der Waals surface area contributed by atoms with Gasteiger partial charge >= 0.3 is 0 Å². The number of nitrogens with zero attached hydrogens (tertiary/aromatic N) is 1. The van der Waals surface area contributed by atoms with Crippen molar-refractivity contribution < 1.29 is 0 Å². The fourth-order valence-electron chi connectivity index (χ4n) is 3.32. The topological polar surface area (TPSA) is 35.8 Å². The van der Waals surface area contributed by atoms with E-state index in [1.807, 2.05) is 6.07 Å². The van der Waals surface area contributed by atoms with Gasteiger partial charge in [-0.2, -0.15) is 17.9 Å². The van der Waals surface area contributed by atoms with E-state index in [-0.39, 0.29) is 0 Å². The van der Waals surface area contributed by atoms with E-state index in [1.165, 1.54) is 51.4 Å². The van der Waals surface area contributed by atoms with Crippen molar-refractivity contribution in [2.45, 2.75) is 83.8 Å². The average Bonchev–Trinajstić information content (AvgIpc) is 2.54. The summed E-state index contributed by atoms with van der Waals surface area (Å²) in [5.41, 5.74) is 0.477. The van der Waals surface area contributed by atoms with E-state index in [0.717, 1.165) is 24.8 Å². The Morgan fingerprint density at radius 3 is 2.18 bits per heavy atom. The molecular weight excluding hydrogens is 288 g/mol. The fourth-order valence-corrected chi connectivity index (χ4v) is 3.95. The van der Waals surface area contributed by atoms with Crippen LogP contribution in [0.5, 0.6) is 0 Å². The van der Waals surface area contributed by atoms with Crippen LogP contribution in [0.4, 0.5) is 0 Å². The molecule has 0 radical (unpaired) electrons. The number of allylic oxidation sites excluding steroid dienone is 1. The van der Waals surface area contributed by atoms with E-state index in [2.05, 4.69) is 32.7 Å². The lowest BCUT2D eigenvalue weighted by Gasteiger charge is -2.29. The molecule has 0 saturated carbocycles. The van der Waals surface area contributed by atoms with Gasteiger partial charge in [0.2, 0.25) is 0 Å². The Kier molecular flexibility index (Phi) is 13.6. The first-order chi connectivity index (χ1) is 10.6. The van der Waals surface area contributed by atoms with Crippen LogP contribution in [0.2, 0.25) is 0 Å². The Hall–Kier alpha value is -0.620. The van der Waals surface area contributed by atoms with Crippen LogP contribution in [0.1, 0.15) is 78.6 Å². The summed E-state index contributed by atoms with van der Waals surface area (Å²) in [6.45, 7) is 11.4. The second kappa shape index (κ2) is 14.0. The molecule has 2 atom stereocenters. The highest BCUT2D eigenvalue weighted by molar-refractivity contribution is 7.81. The van der Waals surface area contributed by atoms with Crippen LogP contribution in [0, 0.1) is 23.2 Å². The average molecular weight is 325 g/mol. The number of unbranched alkanes of at least 4 members (excludes halogenated alkanes) is 4. The lowest BCUT2D eigenvalue weighted by Crippen LogP contribution is -2.23. The second-order valence-corrected chi connectivity index (χ2v) is 6.95. The molecule has 0 aromatic rings. The Labute approximate surface area is 144 Å². The van der Waals surface area contributed by atoms with Gasteiger partial charge in [-0.15, -0.1) is 0 Å². The summed E-state index contributed by atoms with van der Waals surface area (Å²) in [5, 5.41) is 12.2. The zero-order chi connectivity index (χ0) is 16.8. The molecule has 0 spiro atoms. The lowest BCUT2D eigenvalue weighted by molar-refractivity contribution is 0.287. The third-order valence-corrected chi connectivity index (χ3v) is 5.41. The molecule has 2 unspecified atom stereocenters. The normalized spacial score (nSPS) is 13.6. The molecule has 0 bridgehead atoms. The number of nitrogens with one attached hydrogen (secondary N) is 1. The molecule has 0 heterocycles. The zero-order valence-corrected chi connectivity index (χ0v) is 15.8. The van der Waals surface area contributed by atoms with Gasteiger partial charge in [-0.25, -0.2) is 0 Å². The van der Waals surface area contributed by atoms with Gasteiger partial charge in [-0.05, 0) is 24.7 Å². The van der Waals surface area contributed by atoms with E-state index in [4.69, 9.17) is 17.9 Å². The van der Waals surface area contributed by atoms with Crippen molar-refractivity contribution in [3.8, 4) is 6.07 Å². The fraction of sp³-hybridized carbons (Fsp3) is 0.842. The molecule has 0 aliphatic rings. The molecule has 22 heavy (non-hydrogen) atoms. The van der Waals surface area contributed by atoms with Crippen LogP contribution < -0.4 is 5.32 Å². The molecule has 128 valence electrons. The minimum atomic E-state index is 0.477. The molecule has 0 aliphatic carbocycles. The maximum absolute atomic E-state index is 8.58. The van der Waals surface area contributed by atoms with Gasteiger partial charge < -0.3 is 5.32 Å². The van der Waals surface area contributed by atoms with Crippen molar-refractivity contribution >= 4 is 12.6 Å². The number of rotatable bonds is 14. The highest BCUT2D eigenvalue weighted by atomic mass is 32.1. The summed E-state index contributed by atoms with van der Waals surface area (Å²) < 4.78 is 0. The molecule has 0 amide bonds. The van der Waals surface area contributed by atoms with E-state index in [0.29, 0.717) is 10.9 Å². The highest BCUT2D eigenvalue weighted by Gasteiger charge is 2.23. The summed E-state index contributed by atoms with van der Waals surface area (Å²) in [6, 6.07) is 2.01. The van der Waals surface area contributed by atoms with E-state index in [9.17, 15) is 0 Å². The summed E-state index contributed by atoms with van der Waals surface area (Å²) in [7, 11) is 0. The Morgan fingerprint density at radius 2 is 1.64 bits per heavy atom. The lowest BCUT2D eigenvalue weighted by atomic mass is 9.82. The predicted octanol–water partition coefficient (Wildman–Crippen LogP) is 5.71. The van der Waals surface area contributed by atoms with Crippen LogP contribution in [-0.2, 0) is 0 Å². The zero-order valence-electron chi connectivity index (χ0n) is 14.9. The number of hydrogen-bond acceptors (Lipinski definition) is 3. The summed E-state index contributed by atoms with van der Waals surface area (Å²) in [4.78, 5) is 0. The van der Waals surface area contributed by atoms with Gasteiger partial charge in [0.15, 0.2) is 0 Å². The SMILES string of the molecule is C=C(C#N)NCCCCCCCC(S)C(CC)C(CC)CC. The highest BCUT2D eigenvalue weighted by Crippen LogP contribution is 2.31. The molecule has 1 N–H and O–H groups in total. The van der Waals surface area contributed by atoms with E-state index in [1.54, 1.807) is 0 Å². The number of thiol groups is 1. The van der Waals surface area contributed by atoms with Crippen LogP contribution in [-0.4, -0.2) is 11.8 Å². The van der Waals surface area contributed by atoms with E-state index < -0.39 is 0 Å². The Morgan fingerprint density at radius 1 is 1.05 bits per heavy atom. The van der Waals surface area contributed by atoms with Crippen LogP contribution in [0.3, 0.4) is 0 Å². The first-order valence-corrected chi connectivity index (χ1v) is 9.63. The number of hydrogen-bond donors (Lipinski definition) is 2. The van der Waals surface area contributed by atoms with Crippen molar-refractivity contribution in [1.82, 2.24) is 5.32 Å². The van der Waals surface area contributed by atoms with Crippen molar-refractivity contribution in [1.29, 1.82) is 5.26 Å². The van der Waals surface area contributed by atoms with Gasteiger partial charge in [0.1, 0.15) is 11.8 Å². The minimum Gasteiger partial charge on any atom is -0.377 e. The predicted molar refractivity (Wildman–Crippen MR) is 101 cm³/mol. The number of nitriles is 1. The Bertz CT molecular complexity index is 318. The molecule has 0 fully saturated rings. The molecule has 0 aliphatic heterocycles. The molecule has 0 aromatic carbocycles. The first kappa shape index (κ1) is 21.4. The van der Waals surface area contributed by atoms with Crippen molar-refractivity contribution in [3.63, 3.8) is 0 Å². The monoisotopic (exact) mass is 324 g/mol. The quantitative estimate of drug-likeness (QED) is 0.244. The maximum atomic E-state index is 8.58. The van der Waals surface area contributed by atoms with Crippen LogP contribution in [0.15, 0.2) is 12.3 Å². The van der Waals surface area contributed by atoms with Crippen molar-refractivity contribution in [2.75, 3.05) is 6.54 Å². The van der Waals surface area contributed by atoms with Gasteiger partial charge in [-0.3, -0.25) is 0 Å². The molecule has 0 rings (SSSR count). The van der Waals surface area contributed by atoms with Crippen molar-refractivity contribution in [3.05, 3.63) is 12.3 Å². The smallest absolute Gasteiger partial charge is 0.116 e. The largest absolute Gasteiger partial charge is 0.377 e. The van der Waals surface area contributed by atoms with Crippen LogP contribution in [0.25, 0.3) is 0 Å². The second-order valence-electron chi connectivity index (χ2n) is 6.29. The minimum absolute atomic E-state index is 0.477. The maximum Gasteiger partial charge on any atom is 0.116 e.